The van der Waals surface area contributed by atoms with E-state index >= 15 is 0 Å². The number of nitrogens with zero attached hydrogens (tertiary/aromatic N) is 3. The number of anilines is 1. The lowest BCUT2D eigenvalue weighted by Gasteiger charge is -2.41. The topological polar surface area (TPSA) is 43.9 Å². The van der Waals surface area contributed by atoms with Gasteiger partial charge in [0.1, 0.15) is 0 Å². The molecule has 0 aromatic heterocycles. The molecule has 2 fully saturated rings. The second-order valence-corrected chi connectivity index (χ2v) is 8.11. The van der Waals surface area contributed by atoms with E-state index in [9.17, 15) is 9.59 Å². The maximum absolute atomic E-state index is 13.5. The predicted octanol–water partition coefficient (Wildman–Crippen LogP) is 3.12. The number of amides is 2. The Morgan fingerprint density at radius 2 is 1.72 bits per heavy atom. The molecule has 4 rings (SSSR count). The first-order chi connectivity index (χ1) is 14.1. The number of likely N-dealkylation sites (N-methyl/N-ethyl adjacent to an activating group) is 1. The molecule has 5 nitrogen and oxygen atoms in total. The van der Waals surface area contributed by atoms with Gasteiger partial charge < -0.3 is 14.7 Å². The number of aryl methyl sites for hydroxylation is 1. The minimum atomic E-state index is -0.276. The molecule has 2 amide bonds. The lowest BCUT2D eigenvalue weighted by atomic mass is 9.99. The summed E-state index contributed by atoms with van der Waals surface area (Å²) in [4.78, 5) is 32.4. The first kappa shape index (κ1) is 19.6. The average Bonchev–Trinajstić information content (AvgIpc) is 3.15. The van der Waals surface area contributed by atoms with Crippen molar-refractivity contribution in [2.75, 3.05) is 38.1 Å². The van der Waals surface area contributed by atoms with Crippen molar-refractivity contribution in [3.8, 4) is 0 Å². The number of carbonyl (C=O) groups excluding carboxylic acids is 2. The summed E-state index contributed by atoms with van der Waals surface area (Å²) in [6.07, 6.45) is 1.16. The fourth-order valence-electron chi connectivity index (χ4n) is 4.56. The molecule has 29 heavy (non-hydrogen) atoms. The second kappa shape index (κ2) is 8.37. The van der Waals surface area contributed by atoms with Crippen LogP contribution in [-0.4, -0.2) is 54.8 Å². The van der Waals surface area contributed by atoms with Gasteiger partial charge in [0.05, 0.1) is 12.0 Å². The molecule has 2 atom stereocenters. The highest BCUT2D eigenvalue weighted by Crippen LogP contribution is 2.32. The van der Waals surface area contributed by atoms with Crippen molar-refractivity contribution in [1.82, 2.24) is 9.80 Å². The first-order valence-electron chi connectivity index (χ1n) is 10.5. The number of carbonyl (C=O) groups is 2. The Morgan fingerprint density at radius 1 is 1.00 bits per heavy atom. The molecule has 2 aromatic rings. The molecule has 2 heterocycles. The first-order valence-corrected chi connectivity index (χ1v) is 10.5. The Bertz CT molecular complexity index is 883. The summed E-state index contributed by atoms with van der Waals surface area (Å²) in [6, 6.07) is 18.3. The summed E-state index contributed by atoms with van der Waals surface area (Å²) >= 11 is 0. The quantitative estimate of drug-likeness (QED) is 0.804. The Labute approximate surface area is 172 Å². The van der Waals surface area contributed by atoms with Crippen LogP contribution in [0.4, 0.5) is 5.69 Å². The van der Waals surface area contributed by atoms with Gasteiger partial charge in [0.15, 0.2) is 0 Å². The van der Waals surface area contributed by atoms with Crippen LogP contribution in [0.5, 0.6) is 0 Å². The largest absolute Gasteiger partial charge is 0.333 e. The normalized spacial score (nSPS) is 22.9. The lowest BCUT2D eigenvalue weighted by molar-refractivity contribution is -0.140. The van der Waals surface area contributed by atoms with Gasteiger partial charge in [-0.3, -0.25) is 9.59 Å². The minimum Gasteiger partial charge on any atom is -0.333 e. The molecule has 0 spiro atoms. The summed E-state index contributed by atoms with van der Waals surface area (Å²) in [5.74, 6) is -0.117. The molecule has 0 radical (unpaired) electrons. The fraction of sp³-hybridized carbons (Fsp3) is 0.417. The molecule has 0 N–H and O–H groups in total. The molecule has 0 saturated carbocycles. The number of benzene rings is 2. The van der Waals surface area contributed by atoms with Crippen molar-refractivity contribution in [2.45, 2.75) is 25.8 Å². The SMILES string of the molecule is CCc1ccccc1N1CC(C(=O)N2CCN(C)CC2c2ccccc2)CC1=O. The van der Waals surface area contributed by atoms with Crippen LogP contribution in [0.15, 0.2) is 54.6 Å². The van der Waals surface area contributed by atoms with Crippen molar-refractivity contribution in [1.29, 1.82) is 0 Å². The summed E-state index contributed by atoms with van der Waals surface area (Å²) in [5, 5.41) is 0. The molecule has 2 aliphatic heterocycles. The summed E-state index contributed by atoms with van der Waals surface area (Å²) in [7, 11) is 2.10. The maximum atomic E-state index is 13.5. The zero-order chi connectivity index (χ0) is 20.4. The molecule has 0 bridgehead atoms. The lowest BCUT2D eigenvalue weighted by Crippen LogP contribution is -2.51. The van der Waals surface area contributed by atoms with Crippen molar-refractivity contribution < 1.29 is 9.59 Å². The summed E-state index contributed by atoms with van der Waals surface area (Å²) < 4.78 is 0. The molecule has 2 aliphatic rings. The zero-order valence-electron chi connectivity index (χ0n) is 17.3. The highest BCUT2D eigenvalue weighted by atomic mass is 16.2. The van der Waals surface area contributed by atoms with Crippen molar-refractivity contribution in [3.05, 3.63) is 65.7 Å². The van der Waals surface area contributed by atoms with Crippen LogP contribution in [0.1, 0.15) is 30.5 Å². The molecule has 5 heteroatoms. The fourth-order valence-corrected chi connectivity index (χ4v) is 4.56. The average molecular weight is 392 g/mol. The van der Waals surface area contributed by atoms with E-state index in [1.165, 1.54) is 0 Å². The van der Waals surface area contributed by atoms with Crippen molar-refractivity contribution in [2.24, 2.45) is 5.92 Å². The Hall–Kier alpha value is -2.66. The maximum Gasteiger partial charge on any atom is 0.228 e. The number of para-hydroxylation sites is 1. The number of hydrogen-bond acceptors (Lipinski definition) is 3. The highest BCUT2D eigenvalue weighted by molar-refractivity contribution is 6.01. The Morgan fingerprint density at radius 3 is 2.48 bits per heavy atom. The van der Waals surface area contributed by atoms with Gasteiger partial charge in [-0.05, 0) is 30.7 Å². The summed E-state index contributed by atoms with van der Waals surface area (Å²) in [5.41, 5.74) is 3.26. The molecular weight excluding hydrogens is 362 g/mol. The van der Waals surface area contributed by atoms with Gasteiger partial charge in [-0.25, -0.2) is 0 Å². The Kier molecular flexibility index (Phi) is 5.67. The van der Waals surface area contributed by atoms with Crippen LogP contribution in [0, 0.1) is 5.92 Å². The van der Waals surface area contributed by atoms with E-state index < -0.39 is 0 Å². The molecule has 0 aliphatic carbocycles. The van der Waals surface area contributed by atoms with Crippen LogP contribution in [0.3, 0.4) is 0 Å². The van der Waals surface area contributed by atoms with Gasteiger partial charge >= 0.3 is 0 Å². The van der Waals surface area contributed by atoms with E-state index in [1.54, 1.807) is 0 Å². The van der Waals surface area contributed by atoms with Crippen LogP contribution in [0.2, 0.25) is 0 Å². The van der Waals surface area contributed by atoms with E-state index in [1.807, 2.05) is 46.2 Å². The van der Waals surface area contributed by atoms with Gasteiger partial charge in [-0.15, -0.1) is 0 Å². The zero-order valence-corrected chi connectivity index (χ0v) is 17.3. The van der Waals surface area contributed by atoms with E-state index in [-0.39, 0.29) is 23.8 Å². The number of hydrogen-bond donors (Lipinski definition) is 0. The van der Waals surface area contributed by atoms with Crippen LogP contribution in [0.25, 0.3) is 0 Å². The smallest absolute Gasteiger partial charge is 0.228 e. The van der Waals surface area contributed by atoms with E-state index in [0.717, 1.165) is 36.3 Å². The van der Waals surface area contributed by atoms with E-state index in [2.05, 4.69) is 37.1 Å². The highest BCUT2D eigenvalue weighted by Gasteiger charge is 2.40. The van der Waals surface area contributed by atoms with Crippen LogP contribution in [-0.2, 0) is 16.0 Å². The van der Waals surface area contributed by atoms with Crippen LogP contribution >= 0.6 is 0 Å². The number of rotatable bonds is 4. The van der Waals surface area contributed by atoms with Gasteiger partial charge in [0.25, 0.3) is 0 Å². The second-order valence-electron chi connectivity index (χ2n) is 8.11. The van der Waals surface area contributed by atoms with Gasteiger partial charge in [-0.2, -0.15) is 0 Å². The van der Waals surface area contributed by atoms with Gasteiger partial charge in [-0.1, -0.05) is 55.5 Å². The van der Waals surface area contributed by atoms with E-state index in [0.29, 0.717) is 19.5 Å². The van der Waals surface area contributed by atoms with Crippen molar-refractivity contribution >= 4 is 17.5 Å². The molecule has 2 unspecified atom stereocenters. The standard InChI is InChI=1S/C24H29N3O2/c1-3-18-9-7-8-12-21(18)27-16-20(15-23(27)28)24(29)26-14-13-25(2)17-22(26)19-10-5-4-6-11-19/h4-12,20,22H,3,13-17H2,1-2H3. The van der Waals surface area contributed by atoms with Crippen molar-refractivity contribution in [3.63, 3.8) is 0 Å². The van der Waals surface area contributed by atoms with E-state index in [4.69, 9.17) is 0 Å². The monoisotopic (exact) mass is 391 g/mol. The third-order valence-corrected chi connectivity index (χ3v) is 6.19. The molecular formula is C24H29N3O2. The van der Waals surface area contributed by atoms with Gasteiger partial charge in [0.2, 0.25) is 11.8 Å². The molecule has 2 saturated heterocycles. The molecule has 2 aromatic carbocycles. The Balaban J connectivity index is 1.55. The van der Waals surface area contributed by atoms with Crippen LogP contribution < -0.4 is 4.90 Å². The minimum absolute atomic E-state index is 0.0366. The predicted molar refractivity (Wildman–Crippen MR) is 115 cm³/mol. The van der Waals surface area contributed by atoms with Gasteiger partial charge in [0, 0.05) is 38.3 Å². The third-order valence-electron chi connectivity index (χ3n) is 6.19. The third kappa shape index (κ3) is 3.92. The number of piperazine rings is 1. The molecule has 152 valence electrons. The summed E-state index contributed by atoms with van der Waals surface area (Å²) in [6.45, 7) is 4.95.